The molecule has 1 aromatic heterocycles. The zero-order valence-electron chi connectivity index (χ0n) is 12.9. The van der Waals surface area contributed by atoms with Gasteiger partial charge >= 0.3 is 0 Å². The maximum atomic E-state index is 12.6. The van der Waals surface area contributed by atoms with Crippen LogP contribution >= 0.6 is 0 Å². The first kappa shape index (κ1) is 14.6. The van der Waals surface area contributed by atoms with Crippen molar-refractivity contribution in [2.75, 3.05) is 13.1 Å². The topological polar surface area (TPSA) is 55.6 Å². The molecule has 0 radical (unpaired) electrons. The maximum Gasteiger partial charge on any atom is 0.259 e. The Morgan fingerprint density at radius 3 is 2.50 bits per heavy atom. The smallest absolute Gasteiger partial charge is 0.259 e. The predicted octanol–water partition coefficient (Wildman–Crippen LogP) is 2.98. The molecule has 0 N–H and O–H groups in total. The van der Waals surface area contributed by atoms with Crippen molar-refractivity contribution in [2.24, 2.45) is 0 Å². The van der Waals surface area contributed by atoms with Crippen LogP contribution in [-0.2, 0) is 0 Å². The minimum atomic E-state index is 0.00871. The fourth-order valence-electron chi connectivity index (χ4n) is 2.81. The summed E-state index contributed by atoms with van der Waals surface area (Å²) in [4.78, 5) is 14.4. The molecular formula is C17H20N2O3. The molecule has 0 saturated carbocycles. The summed E-state index contributed by atoms with van der Waals surface area (Å²) in [5.41, 5.74) is 1.26. The number of hydrogen-bond donors (Lipinski definition) is 0. The fourth-order valence-corrected chi connectivity index (χ4v) is 2.81. The van der Waals surface area contributed by atoms with Crippen molar-refractivity contribution < 1.29 is 14.1 Å². The van der Waals surface area contributed by atoms with Crippen LogP contribution in [0.15, 0.2) is 34.9 Å². The van der Waals surface area contributed by atoms with Gasteiger partial charge in [0.15, 0.2) is 0 Å². The van der Waals surface area contributed by atoms with Crippen LogP contribution in [0.3, 0.4) is 0 Å². The van der Waals surface area contributed by atoms with Gasteiger partial charge in [0.1, 0.15) is 23.2 Å². The summed E-state index contributed by atoms with van der Waals surface area (Å²) < 4.78 is 11.0. The molecule has 0 aliphatic carbocycles. The van der Waals surface area contributed by atoms with E-state index in [-0.39, 0.29) is 12.0 Å². The molecule has 1 aliphatic heterocycles. The molecule has 1 aliphatic rings. The van der Waals surface area contributed by atoms with Crippen LogP contribution in [0.25, 0.3) is 0 Å². The molecule has 0 bridgehead atoms. The van der Waals surface area contributed by atoms with E-state index in [4.69, 9.17) is 9.26 Å². The van der Waals surface area contributed by atoms with Gasteiger partial charge in [0, 0.05) is 25.9 Å². The van der Waals surface area contributed by atoms with Crippen molar-refractivity contribution in [3.05, 3.63) is 47.3 Å². The lowest BCUT2D eigenvalue weighted by molar-refractivity contribution is 0.0593. The number of benzene rings is 1. The van der Waals surface area contributed by atoms with Crippen molar-refractivity contribution in [3.8, 4) is 5.75 Å². The summed E-state index contributed by atoms with van der Waals surface area (Å²) in [6, 6.07) is 9.82. The third kappa shape index (κ3) is 2.98. The molecule has 0 atom stereocenters. The number of aryl methyl sites for hydroxylation is 2. The number of ether oxygens (including phenoxy) is 1. The van der Waals surface area contributed by atoms with Crippen molar-refractivity contribution in [1.82, 2.24) is 10.1 Å². The largest absolute Gasteiger partial charge is 0.490 e. The van der Waals surface area contributed by atoms with Gasteiger partial charge in [-0.1, -0.05) is 23.4 Å². The number of hydrogen-bond acceptors (Lipinski definition) is 4. The summed E-state index contributed by atoms with van der Waals surface area (Å²) in [6.45, 7) is 4.97. The van der Waals surface area contributed by atoms with E-state index in [2.05, 4.69) is 5.16 Å². The number of aromatic nitrogens is 1. The molecule has 5 nitrogen and oxygen atoms in total. The SMILES string of the molecule is Cc1noc(C)c1C(=O)N1CCC(Oc2ccccc2)CC1. The first-order valence-electron chi connectivity index (χ1n) is 7.59. The average molecular weight is 300 g/mol. The van der Waals surface area contributed by atoms with Crippen LogP contribution in [0.1, 0.15) is 34.7 Å². The Balaban J connectivity index is 1.59. The molecule has 1 aromatic carbocycles. The fraction of sp³-hybridized carbons (Fsp3) is 0.412. The van der Waals surface area contributed by atoms with Gasteiger partial charge in [0.25, 0.3) is 5.91 Å². The van der Waals surface area contributed by atoms with E-state index in [9.17, 15) is 4.79 Å². The summed E-state index contributed by atoms with van der Waals surface area (Å²) >= 11 is 0. The zero-order chi connectivity index (χ0) is 15.5. The number of carbonyl (C=O) groups excluding carboxylic acids is 1. The summed E-state index contributed by atoms with van der Waals surface area (Å²) in [7, 11) is 0. The second-order valence-electron chi connectivity index (χ2n) is 5.62. The van der Waals surface area contributed by atoms with Gasteiger partial charge in [-0.2, -0.15) is 0 Å². The predicted molar refractivity (Wildman–Crippen MR) is 82.0 cm³/mol. The van der Waals surface area contributed by atoms with Crippen molar-refractivity contribution in [1.29, 1.82) is 0 Å². The average Bonchev–Trinajstić information content (AvgIpc) is 2.87. The Morgan fingerprint density at radius 2 is 1.91 bits per heavy atom. The van der Waals surface area contributed by atoms with Crippen LogP contribution in [0.2, 0.25) is 0 Å². The number of nitrogens with zero attached hydrogens (tertiary/aromatic N) is 2. The molecule has 3 rings (SSSR count). The van der Waals surface area contributed by atoms with Crippen LogP contribution in [0.5, 0.6) is 5.75 Å². The standard InChI is InChI=1S/C17H20N2O3/c1-12-16(13(2)22-18-12)17(20)19-10-8-15(9-11-19)21-14-6-4-3-5-7-14/h3-7,15H,8-11H2,1-2H3. The second-order valence-corrected chi connectivity index (χ2v) is 5.62. The van der Waals surface area contributed by atoms with E-state index in [1.807, 2.05) is 35.2 Å². The third-order valence-corrected chi connectivity index (χ3v) is 4.02. The minimum absolute atomic E-state index is 0.00871. The van der Waals surface area contributed by atoms with E-state index < -0.39 is 0 Å². The van der Waals surface area contributed by atoms with E-state index in [0.717, 1.165) is 18.6 Å². The lowest BCUT2D eigenvalue weighted by Crippen LogP contribution is -2.42. The number of para-hydroxylation sites is 1. The summed E-state index contributed by atoms with van der Waals surface area (Å²) in [6.07, 6.45) is 1.84. The van der Waals surface area contributed by atoms with Gasteiger partial charge < -0.3 is 14.2 Å². The Morgan fingerprint density at radius 1 is 1.23 bits per heavy atom. The molecule has 2 heterocycles. The highest BCUT2D eigenvalue weighted by Gasteiger charge is 2.28. The first-order valence-corrected chi connectivity index (χ1v) is 7.59. The lowest BCUT2D eigenvalue weighted by atomic mass is 10.1. The molecule has 116 valence electrons. The highest BCUT2D eigenvalue weighted by atomic mass is 16.5. The van der Waals surface area contributed by atoms with Crippen LogP contribution in [0, 0.1) is 13.8 Å². The quantitative estimate of drug-likeness (QED) is 0.874. The van der Waals surface area contributed by atoms with Crippen LogP contribution in [0.4, 0.5) is 0 Å². The van der Waals surface area contributed by atoms with Crippen molar-refractivity contribution in [2.45, 2.75) is 32.8 Å². The highest BCUT2D eigenvalue weighted by molar-refractivity contribution is 5.96. The van der Waals surface area contributed by atoms with Gasteiger partial charge in [0.2, 0.25) is 0 Å². The lowest BCUT2D eigenvalue weighted by Gasteiger charge is -2.32. The monoisotopic (exact) mass is 300 g/mol. The Labute approximate surface area is 129 Å². The van der Waals surface area contributed by atoms with Crippen LogP contribution in [-0.4, -0.2) is 35.2 Å². The number of rotatable bonds is 3. The number of carbonyl (C=O) groups is 1. The molecule has 1 fully saturated rings. The van der Waals surface area contributed by atoms with Gasteiger partial charge in [-0.05, 0) is 26.0 Å². The minimum Gasteiger partial charge on any atom is -0.490 e. The molecule has 0 spiro atoms. The highest BCUT2D eigenvalue weighted by Crippen LogP contribution is 2.21. The number of likely N-dealkylation sites (tertiary alicyclic amines) is 1. The first-order chi connectivity index (χ1) is 10.6. The second kappa shape index (κ2) is 6.22. The normalized spacial score (nSPS) is 15.8. The van der Waals surface area contributed by atoms with E-state index in [0.29, 0.717) is 30.1 Å². The van der Waals surface area contributed by atoms with Gasteiger partial charge in [-0.25, -0.2) is 0 Å². The van der Waals surface area contributed by atoms with Gasteiger partial charge in [-0.3, -0.25) is 4.79 Å². The Bertz CT molecular complexity index is 624. The van der Waals surface area contributed by atoms with E-state index >= 15 is 0 Å². The van der Waals surface area contributed by atoms with Gasteiger partial charge in [-0.15, -0.1) is 0 Å². The third-order valence-electron chi connectivity index (χ3n) is 4.02. The molecule has 5 heteroatoms. The number of amides is 1. The van der Waals surface area contributed by atoms with E-state index in [1.165, 1.54) is 0 Å². The van der Waals surface area contributed by atoms with Crippen LogP contribution < -0.4 is 4.74 Å². The van der Waals surface area contributed by atoms with Crippen molar-refractivity contribution in [3.63, 3.8) is 0 Å². The zero-order valence-corrected chi connectivity index (χ0v) is 12.9. The molecule has 22 heavy (non-hydrogen) atoms. The number of piperidine rings is 1. The molecular weight excluding hydrogens is 280 g/mol. The maximum absolute atomic E-state index is 12.6. The van der Waals surface area contributed by atoms with Gasteiger partial charge in [0.05, 0.1) is 5.69 Å². The molecule has 1 amide bonds. The molecule has 1 saturated heterocycles. The summed E-state index contributed by atoms with van der Waals surface area (Å²) in [5, 5.41) is 3.86. The Kier molecular flexibility index (Phi) is 4.13. The Hall–Kier alpha value is -2.30. The van der Waals surface area contributed by atoms with Crippen molar-refractivity contribution >= 4 is 5.91 Å². The molecule has 2 aromatic rings. The molecule has 0 unspecified atom stereocenters. The summed E-state index contributed by atoms with van der Waals surface area (Å²) in [5.74, 6) is 1.48. The van der Waals surface area contributed by atoms with E-state index in [1.54, 1.807) is 13.8 Å².